The van der Waals surface area contributed by atoms with Crippen molar-refractivity contribution in [1.29, 1.82) is 0 Å². The first kappa shape index (κ1) is 13.8. The maximum absolute atomic E-state index is 11.8. The Kier molecular flexibility index (Phi) is 4.01. The molecule has 0 saturated heterocycles. The van der Waals surface area contributed by atoms with Crippen molar-refractivity contribution in [2.24, 2.45) is 0 Å². The van der Waals surface area contributed by atoms with E-state index < -0.39 is 16.0 Å². The maximum atomic E-state index is 11.8. The number of nitrogens with one attached hydrogen (secondary N) is 2. The summed E-state index contributed by atoms with van der Waals surface area (Å²) >= 11 is 1.92. The van der Waals surface area contributed by atoms with Gasteiger partial charge in [-0.05, 0) is 6.07 Å². The molecule has 2 rings (SSSR count). The molecule has 3 N–H and O–H groups in total. The van der Waals surface area contributed by atoms with Crippen molar-refractivity contribution in [2.75, 3.05) is 10.5 Å². The first-order chi connectivity index (χ1) is 8.97. The standard InChI is InChI=1S/C7H7N5O4S3/c13-5(14)3-17-7-11-10-6(18-7)12-19(15,16)4-1-2-8-9-4/h1-2H,3H2,(H,8,9)(H,10,12)(H,13,14). The lowest BCUT2D eigenvalue weighted by Gasteiger charge is -2.00. The van der Waals surface area contributed by atoms with Gasteiger partial charge in [-0.3, -0.25) is 14.6 Å². The summed E-state index contributed by atoms with van der Waals surface area (Å²) in [5, 5.41) is 21.6. The number of nitrogens with zero attached hydrogens (tertiary/aromatic N) is 3. The van der Waals surface area contributed by atoms with Crippen LogP contribution in [0.1, 0.15) is 0 Å². The van der Waals surface area contributed by atoms with Crippen LogP contribution in [0.4, 0.5) is 5.13 Å². The molecule has 0 unspecified atom stereocenters. The predicted octanol–water partition coefficient (Wildman–Crippen LogP) is 0.239. The first-order valence-corrected chi connectivity index (χ1v) is 7.96. The summed E-state index contributed by atoms with van der Waals surface area (Å²) in [7, 11) is -3.77. The highest BCUT2D eigenvalue weighted by atomic mass is 32.2. The van der Waals surface area contributed by atoms with E-state index in [1.807, 2.05) is 0 Å². The van der Waals surface area contributed by atoms with Crippen LogP contribution in [0.3, 0.4) is 0 Å². The number of carbonyl (C=O) groups is 1. The molecule has 0 amide bonds. The summed E-state index contributed by atoms with van der Waals surface area (Å²) in [5.41, 5.74) is 0. The summed E-state index contributed by atoms with van der Waals surface area (Å²) in [6, 6.07) is 1.30. The summed E-state index contributed by atoms with van der Waals surface area (Å²) in [6.45, 7) is 0. The Bertz CT molecular complexity index is 665. The van der Waals surface area contributed by atoms with Crippen LogP contribution >= 0.6 is 23.1 Å². The molecule has 0 aromatic carbocycles. The fraction of sp³-hybridized carbons (Fsp3) is 0.143. The zero-order valence-corrected chi connectivity index (χ0v) is 11.5. The zero-order valence-electron chi connectivity index (χ0n) is 9.10. The molecule has 0 saturated carbocycles. The van der Waals surface area contributed by atoms with E-state index in [0.29, 0.717) is 4.34 Å². The van der Waals surface area contributed by atoms with Crippen LogP contribution in [0.5, 0.6) is 0 Å². The lowest BCUT2D eigenvalue weighted by Crippen LogP contribution is -2.13. The van der Waals surface area contributed by atoms with Gasteiger partial charge in [0.15, 0.2) is 9.37 Å². The lowest BCUT2D eigenvalue weighted by atomic mass is 10.8. The third-order valence-electron chi connectivity index (χ3n) is 1.71. The largest absolute Gasteiger partial charge is 0.481 e. The molecule has 0 aliphatic rings. The van der Waals surface area contributed by atoms with E-state index in [1.165, 1.54) is 12.3 Å². The normalized spacial score (nSPS) is 11.4. The van der Waals surface area contributed by atoms with Gasteiger partial charge in [-0.2, -0.15) is 13.5 Å². The Labute approximate surface area is 115 Å². The quantitative estimate of drug-likeness (QED) is 0.643. The Morgan fingerprint density at radius 2 is 2.32 bits per heavy atom. The molecular weight excluding hydrogens is 314 g/mol. The first-order valence-electron chi connectivity index (χ1n) is 4.67. The summed E-state index contributed by atoms with van der Waals surface area (Å²) in [4.78, 5) is 10.4. The number of anilines is 1. The molecule has 0 bridgehead atoms. The fourth-order valence-electron chi connectivity index (χ4n) is 0.996. The van der Waals surface area contributed by atoms with Crippen molar-refractivity contribution in [3.63, 3.8) is 0 Å². The molecule has 0 atom stereocenters. The number of hydrogen-bond acceptors (Lipinski definition) is 8. The molecule has 2 aromatic heterocycles. The molecule has 9 nitrogen and oxygen atoms in total. The van der Waals surface area contributed by atoms with E-state index in [2.05, 4.69) is 25.1 Å². The molecule has 19 heavy (non-hydrogen) atoms. The molecule has 2 heterocycles. The average molecular weight is 321 g/mol. The van der Waals surface area contributed by atoms with Crippen molar-refractivity contribution >= 4 is 44.2 Å². The van der Waals surface area contributed by atoms with Gasteiger partial charge < -0.3 is 5.11 Å². The number of hydrogen-bond donors (Lipinski definition) is 3. The zero-order chi connectivity index (χ0) is 13.9. The number of sulfonamides is 1. The minimum atomic E-state index is -3.77. The third kappa shape index (κ3) is 3.65. The van der Waals surface area contributed by atoms with E-state index in [9.17, 15) is 13.2 Å². The molecule has 0 radical (unpaired) electrons. The average Bonchev–Trinajstić information content (AvgIpc) is 2.96. The molecular formula is C7H7N5O4S3. The van der Waals surface area contributed by atoms with Gasteiger partial charge in [0.05, 0.1) is 11.9 Å². The van der Waals surface area contributed by atoms with Gasteiger partial charge in [0.2, 0.25) is 5.13 Å². The van der Waals surface area contributed by atoms with Crippen LogP contribution in [0, 0.1) is 0 Å². The van der Waals surface area contributed by atoms with Gasteiger partial charge in [-0.1, -0.05) is 23.1 Å². The van der Waals surface area contributed by atoms with Crippen molar-refractivity contribution < 1.29 is 18.3 Å². The molecule has 2 aromatic rings. The highest BCUT2D eigenvalue weighted by Crippen LogP contribution is 2.26. The molecule has 0 aliphatic carbocycles. The number of H-pyrrole nitrogens is 1. The lowest BCUT2D eigenvalue weighted by molar-refractivity contribution is -0.133. The van der Waals surface area contributed by atoms with Crippen LogP contribution in [0.25, 0.3) is 0 Å². The Balaban J connectivity index is 2.06. The highest BCUT2D eigenvalue weighted by molar-refractivity contribution is 8.01. The van der Waals surface area contributed by atoms with E-state index in [4.69, 9.17) is 5.11 Å². The van der Waals surface area contributed by atoms with E-state index in [-0.39, 0.29) is 15.9 Å². The second-order valence-corrected chi connectivity index (χ2v) is 6.93. The van der Waals surface area contributed by atoms with E-state index in [0.717, 1.165) is 23.1 Å². The van der Waals surface area contributed by atoms with Crippen molar-refractivity contribution in [1.82, 2.24) is 20.4 Å². The van der Waals surface area contributed by atoms with Gasteiger partial charge in [0, 0.05) is 0 Å². The number of aromatic nitrogens is 4. The summed E-state index contributed by atoms with van der Waals surface area (Å²) in [6.07, 6.45) is 1.31. The van der Waals surface area contributed by atoms with Crippen molar-refractivity contribution in [3.05, 3.63) is 12.3 Å². The molecule has 0 fully saturated rings. The third-order valence-corrected chi connectivity index (χ3v) is 5.07. The molecule has 12 heteroatoms. The minimum absolute atomic E-state index is 0.0579. The second kappa shape index (κ2) is 5.54. The Morgan fingerprint density at radius 3 is 2.95 bits per heavy atom. The Hall–Kier alpha value is -1.66. The highest BCUT2D eigenvalue weighted by Gasteiger charge is 2.18. The summed E-state index contributed by atoms with van der Waals surface area (Å²) in [5.74, 6) is -1.15. The van der Waals surface area contributed by atoms with Crippen LogP contribution in [-0.2, 0) is 14.8 Å². The van der Waals surface area contributed by atoms with Crippen LogP contribution < -0.4 is 4.72 Å². The number of carboxylic acids is 1. The number of rotatable bonds is 6. The van der Waals surface area contributed by atoms with Gasteiger partial charge >= 0.3 is 5.97 Å². The van der Waals surface area contributed by atoms with Gasteiger partial charge in [0.1, 0.15) is 0 Å². The number of thioether (sulfide) groups is 1. The van der Waals surface area contributed by atoms with Gasteiger partial charge in [0.25, 0.3) is 10.0 Å². The van der Waals surface area contributed by atoms with Crippen molar-refractivity contribution in [3.8, 4) is 0 Å². The molecule has 0 spiro atoms. The number of aromatic amines is 1. The minimum Gasteiger partial charge on any atom is -0.481 e. The number of carboxylic acid groups (broad SMARTS) is 1. The maximum Gasteiger partial charge on any atom is 0.313 e. The predicted molar refractivity (Wildman–Crippen MR) is 67.7 cm³/mol. The van der Waals surface area contributed by atoms with Crippen LogP contribution in [-0.4, -0.2) is 45.6 Å². The fourth-order valence-corrected chi connectivity index (χ4v) is 3.61. The van der Waals surface area contributed by atoms with Crippen LogP contribution in [0.15, 0.2) is 21.6 Å². The topological polar surface area (TPSA) is 138 Å². The van der Waals surface area contributed by atoms with Crippen LogP contribution in [0.2, 0.25) is 0 Å². The Morgan fingerprint density at radius 1 is 1.53 bits per heavy atom. The van der Waals surface area contributed by atoms with E-state index in [1.54, 1.807) is 0 Å². The molecule has 102 valence electrons. The van der Waals surface area contributed by atoms with E-state index >= 15 is 0 Å². The smallest absolute Gasteiger partial charge is 0.313 e. The SMILES string of the molecule is O=C(O)CSc1nnc(NS(=O)(=O)c2ccn[nH]2)s1. The van der Waals surface area contributed by atoms with Crippen molar-refractivity contribution in [2.45, 2.75) is 9.37 Å². The number of aliphatic carboxylic acids is 1. The second-order valence-electron chi connectivity index (χ2n) is 3.08. The summed E-state index contributed by atoms with van der Waals surface area (Å²) < 4.78 is 26.2. The monoisotopic (exact) mass is 321 g/mol. The van der Waals surface area contributed by atoms with Gasteiger partial charge in [-0.25, -0.2) is 0 Å². The molecule has 0 aliphatic heterocycles. The van der Waals surface area contributed by atoms with Gasteiger partial charge in [-0.15, -0.1) is 10.2 Å².